The Labute approximate surface area is 64.6 Å². The highest BCUT2D eigenvalue weighted by atomic mass is 13.9. The van der Waals surface area contributed by atoms with E-state index in [4.69, 9.17) is 0 Å². The third-order valence-corrected chi connectivity index (χ3v) is 1.57. The topological polar surface area (TPSA) is 0 Å². The lowest BCUT2D eigenvalue weighted by molar-refractivity contribution is 0.955. The quantitative estimate of drug-likeness (QED) is 0.520. The molecule has 0 heteroatoms. The highest BCUT2D eigenvalue weighted by molar-refractivity contribution is 5.16. The van der Waals surface area contributed by atoms with Crippen molar-refractivity contribution in [2.24, 2.45) is 0 Å². The molecule has 0 bridgehead atoms. The standard InChI is InChI=1S/C10H18/c1-4-7-8-9-10(5-2)6-3/h5,8-9H,4,6-7H2,1-3H3/b9-8+,10-5-. The van der Waals surface area contributed by atoms with Gasteiger partial charge >= 0.3 is 0 Å². The Morgan fingerprint density at radius 2 is 2.00 bits per heavy atom. The van der Waals surface area contributed by atoms with Gasteiger partial charge in [-0.2, -0.15) is 0 Å². The molecule has 0 fully saturated rings. The van der Waals surface area contributed by atoms with Crippen molar-refractivity contribution in [3.8, 4) is 0 Å². The summed E-state index contributed by atoms with van der Waals surface area (Å²) in [7, 11) is 0. The SMILES string of the molecule is C/C=C(\C=C\CCC)CC. The molecule has 0 aromatic heterocycles. The lowest BCUT2D eigenvalue weighted by Gasteiger charge is -1.92. The van der Waals surface area contributed by atoms with Crippen molar-refractivity contribution in [2.75, 3.05) is 0 Å². The highest BCUT2D eigenvalue weighted by Crippen LogP contribution is 2.02. The summed E-state index contributed by atoms with van der Waals surface area (Å²) in [6.07, 6.45) is 10.2. The largest absolute Gasteiger partial charge is 0.0845 e. The number of hydrogen-bond donors (Lipinski definition) is 0. The highest BCUT2D eigenvalue weighted by Gasteiger charge is 1.82. The van der Waals surface area contributed by atoms with E-state index >= 15 is 0 Å². The van der Waals surface area contributed by atoms with E-state index in [0.717, 1.165) is 6.42 Å². The molecule has 0 aliphatic heterocycles. The van der Waals surface area contributed by atoms with Crippen LogP contribution in [0.2, 0.25) is 0 Å². The van der Waals surface area contributed by atoms with Crippen molar-refractivity contribution < 1.29 is 0 Å². The van der Waals surface area contributed by atoms with Crippen LogP contribution in [0.3, 0.4) is 0 Å². The molecule has 0 aliphatic carbocycles. The van der Waals surface area contributed by atoms with Gasteiger partial charge in [-0.3, -0.25) is 0 Å². The van der Waals surface area contributed by atoms with Crippen LogP contribution in [-0.4, -0.2) is 0 Å². The lowest BCUT2D eigenvalue weighted by Crippen LogP contribution is -1.71. The van der Waals surface area contributed by atoms with E-state index in [9.17, 15) is 0 Å². The second kappa shape index (κ2) is 6.60. The van der Waals surface area contributed by atoms with Crippen LogP contribution < -0.4 is 0 Å². The maximum absolute atomic E-state index is 2.25. The van der Waals surface area contributed by atoms with Crippen molar-refractivity contribution in [3.63, 3.8) is 0 Å². The van der Waals surface area contributed by atoms with Gasteiger partial charge in [0.2, 0.25) is 0 Å². The minimum atomic E-state index is 1.15. The Balaban J connectivity index is 3.63. The Bertz CT molecular complexity index is 118. The molecule has 10 heavy (non-hydrogen) atoms. The average Bonchev–Trinajstić information content (AvgIpc) is 1.99. The zero-order valence-corrected chi connectivity index (χ0v) is 7.35. The molecule has 0 radical (unpaired) electrons. The number of unbranched alkanes of at least 4 members (excludes halogenated alkanes) is 1. The van der Waals surface area contributed by atoms with Crippen molar-refractivity contribution in [1.29, 1.82) is 0 Å². The first-order valence-corrected chi connectivity index (χ1v) is 4.16. The fourth-order valence-corrected chi connectivity index (χ4v) is 0.820. The molecule has 0 saturated carbocycles. The van der Waals surface area contributed by atoms with Crippen LogP contribution >= 0.6 is 0 Å². The molecule has 58 valence electrons. The molecule has 0 spiro atoms. The van der Waals surface area contributed by atoms with Gasteiger partial charge in [0.15, 0.2) is 0 Å². The average molecular weight is 138 g/mol. The van der Waals surface area contributed by atoms with Gasteiger partial charge in [0.25, 0.3) is 0 Å². The molecule has 0 atom stereocenters. The summed E-state index contributed by atoms with van der Waals surface area (Å²) in [6, 6.07) is 0. The first-order chi connectivity index (χ1) is 4.85. The van der Waals surface area contributed by atoms with Gasteiger partial charge in [-0.25, -0.2) is 0 Å². The zero-order valence-electron chi connectivity index (χ0n) is 7.35. The predicted octanol–water partition coefficient (Wildman–Crippen LogP) is 3.70. The Hall–Kier alpha value is -0.520. The second-order valence-corrected chi connectivity index (χ2v) is 2.41. The van der Waals surface area contributed by atoms with Gasteiger partial charge in [0, 0.05) is 0 Å². The van der Waals surface area contributed by atoms with Crippen LogP contribution in [0.15, 0.2) is 23.8 Å². The number of rotatable bonds is 4. The van der Waals surface area contributed by atoms with Gasteiger partial charge in [0.1, 0.15) is 0 Å². The third kappa shape index (κ3) is 4.37. The molecule has 0 rings (SSSR count). The van der Waals surface area contributed by atoms with Crippen molar-refractivity contribution in [1.82, 2.24) is 0 Å². The zero-order chi connectivity index (χ0) is 7.82. The van der Waals surface area contributed by atoms with E-state index in [2.05, 4.69) is 39.0 Å². The molecule has 0 aromatic carbocycles. The van der Waals surface area contributed by atoms with E-state index in [-0.39, 0.29) is 0 Å². The maximum atomic E-state index is 2.25. The summed E-state index contributed by atoms with van der Waals surface area (Å²) < 4.78 is 0. The van der Waals surface area contributed by atoms with E-state index in [1.165, 1.54) is 18.4 Å². The van der Waals surface area contributed by atoms with Gasteiger partial charge in [-0.15, -0.1) is 0 Å². The fraction of sp³-hybridized carbons (Fsp3) is 0.600. The molecule has 0 amide bonds. The van der Waals surface area contributed by atoms with E-state index < -0.39 is 0 Å². The lowest BCUT2D eigenvalue weighted by atomic mass is 10.1. The van der Waals surface area contributed by atoms with Crippen LogP contribution in [-0.2, 0) is 0 Å². The van der Waals surface area contributed by atoms with E-state index in [1.807, 2.05) is 0 Å². The van der Waals surface area contributed by atoms with Crippen LogP contribution in [0.1, 0.15) is 40.0 Å². The predicted molar refractivity (Wildman–Crippen MR) is 48.1 cm³/mol. The Morgan fingerprint density at radius 3 is 2.40 bits per heavy atom. The van der Waals surface area contributed by atoms with E-state index in [0.29, 0.717) is 0 Å². The smallest absolute Gasteiger partial charge is 0.0311 e. The van der Waals surface area contributed by atoms with Gasteiger partial charge < -0.3 is 0 Å². The first-order valence-electron chi connectivity index (χ1n) is 4.16. The maximum Gasteiger partial charge on any atom is -0.0311 e. The van der Waals surface area contributed by atoms with Crippen molar-refractivity contribution in [3.05, 3.63) is 23.8 Å². The molecule has 0 aliphatic rings. The molecule has 0 saturated heterocycles. The van der Waals surface area contributed by atoms with E-state index in [1.54, 1.807) is 0 Å². The minimum Gasteiger partial charge on any atom is -0.0845 e. The van der Waals surface area contributed by atoms with Crippen LogP contribution in [0.5, 0.6) is 0 Å². The Morgan fingerprint density at radius 1 is 1.30 bits per heavy atom. The van der Waals surface area contributed by atoms with Crippen molar-refractivity contribution in [2.45, 2.75) is 40.0 Å². The van der Waals surface area contributed by atoms with Gasteiger partial charge in [-0.05, 0) is 19.8 Å². The van der Waals surface area contributed by atoms with Crippen LogP contribution in [0.25, 0.3) is 0 Å². The summed E-state index contributed by atoms with van der Waals surface area (Å²) in [5.74, 6) is 0. The molecule has 0 unspecified atom stereocenters. The summed E-state index contributed by atoms with van der Waals surface area (Å²) in [4.78, 5) is 0. The van der Waals surface area contributed by atoms with Crippen LogP contribution in [0.4, 0.5) is 0 Å². The molecular weight excluding hydrogens is 120 g/mol. The normalized spacial score (nSPS) is 12.9. The Kier molecular flexibility index (Phi) is 6.25. The summed E-state index contributed by atoms with van der Waals surface area (Å²) in [5.41, 5.74) is 1.44. The monoisotopic (exact) mass is 138 g/mol. The summed E-state index contributed by atoms with van der Waals surface area (Å²) >= 11 is 0. The third-order valence-electron chi connectivity index (χ3n) is 1.57. The summed E-state index contributed by atoms with van der Waals surface area (Å²) in [5, 5.41) is 0. The van der Waals surface area contributed by atoms with Gasteiger partial charge in [0.05, 0.1) is 0 Å². The molecule has 0 heterocycles. The molecule has 0 nitrogen and oxygen atoms in total. The second-order valence-electron chi connectivity index (χ2n) is 2.41. The minimum absolute atomic E-state index is 1.15. The summed E-state index contributed by atoms with van der Waals surface area (Å²) in [6.45, 7) is 6.48. The first kappa shape index (κ1) is 9.48. The van der Waals surface area contributed by atoms with Gasteiger partial charge in [-0.1, -0.05) is 44.1 Å². The van der Waals surface area contributed by atoms with Crippen molar-refractivity contribution >= 4 is 0 Å². The molecule has 0 N–H and O–H groups in total. The van der Waals surface area contributed by atoms with Crippen LogP contribution in [0, 0.1) is 0 Å². The number of allylic oxidation sites excluding steroid dienone is 4. The number of hydrogen-bond acceptors (Lipinski definition) is 0. The molecular formula is C10H18. The molecule has 0 aromatic rings. The fourth-order valence-electron chi connectivity index (χ4n) is 0.820.